The van der Waals surface area contributed by atoms with Crippen molar-refractivity contribution in [1.29, 1.82) is 0 Å². The lowest BCUT2D eigenvalue weighted by Crippen LogP contribution is -2.37. The Morgan fingerprint density at radius 3 is 3.16 bits per heavy atom. The number of urea groups is 1. The highest BCUT2D eigenvalue weighted by Crippen LogP contribution is 2.46. The number of carbonyl (C=O) groups excluding carboxylic acids is 1. The summed E-state index contributed by atoms with van der Waals surface area (Å²) in [6.07, 6.45) is 1.55. The molecule has 1 aromatic heterocycles. The zero-order chi connectivity index (χ0) is 13.6. The molecule has 2 aliphatic rings. The molecule has 2 bridgehead atoms. The van der Waals surface area contributed by atoms with Crippen molar-refractivity contribution in [3.05, 3.63) is 34.5 Å². The Morgan fingerprint density at radius 2 is 2.47 bits per heavy atom. The lowest BCUT2D eigenvalue weighted by atomic mass is 10.00. The first-order valence-electron chi connectivity index (χ1n) is 5.79. The molecule has 0 aromatic carbocycles. The summed E-state index contributed by atoms with van der Waals surface area (Å²) >= 11 is 1.36. The Hall–Kier alpha value is -1.86. The molecule has 7 heteroatoms. The molecule has 2 atom stereocenters. The average molecular weight is 280 g/mol. The Balaban J connectivity index is 2.02. The van der Waals surface area contributed by atoms with Crippen LogP contribution < -0.4 is 0 Å². The third-order valence-corrected chi connectivity index (χ3v) is 4.28. The number of fused-ring (bicyclic) bond motifs is 4. The van der Waals surface area contributed by atoms with E-state index >= 15 is 0 Å². The number of hydroxylamine groups is 2. The van der Waals surface area contributed by atoms with Crippen LogP contribution in [0.3, 0.4) is 0 Å². The van der Waals surface area contributed by atoms with Crippen molar-refractivity contribution in [2.45, 2.75) is 12.1 Å². The summed E-state index contributed by atoms with van der Waals surface area (Å²) in [5.74, 6) is -1.01. The average Bonchev–Trinajstić information content (AvgIpc) is 2.94. The number of carboxylic acids is 1. The zero-order valence-corrected chi connectivity index (χ0v) is 10.8. The van der Waals surface area contributed by atoms with Crippen LogP contribution >= 0.6 is 11.3 Å². The fourth-order valence-corrected chi connectivity index (χ4v) is 3.59. The lowest BCUT2D eigenvalue weighted by molar-refractivity contribution is -0.142. The first-order chi connectivity index (χ1) is 9.15. The van der Waals surface area contributed by atoms with Gasteiger partial charge < -0.3 is 10.0 Å². The molecule has 0 radical (unpaired) electrons. The summed E-state index contributed by atoms with van der Waals surface area (Å²) in [5, 5.41) is 12.4. The third-order valence-electron chi connectivity index (χ3n) is 3.30. The highest BCUT2D eigenvalue weighted by Gasteiger charge is 2.51. The summed E-state index contributed by atoms with van der Waals surface area (Å²) in [4.78, 5) is 31.0. The van der Waals surface area contributed by atoms with Crippen LogP contribution in [0.5, 0.6) is 0 Å². The molecule has 100 valence electrons. The molecule has 2 amide bonds. The van der Waals surface area contributed by atoms with Gasteiger partial charge in [-0.1, -0.05) is 6.08 Å². The second-order valence-electron chi connectivity index (χ2n) is 4.34. The van der Waals surface area contributed by atoms with Crippen molar-refractivity contribution in [1.82, 2.24) is 9.96 Å². The van der Waals surface area contributed by atoms with Gasteiger partial charge in [-0.15, -0.1) is 17.9 Å². The van der Waals surface area contributed by atoms with Gasteiger partial charge in [0.15, 0.2) is 6.04 Å². The van der Waals surface area contributed by atoms with E-state index in [1.165, 1.54) is 21.3 Å². The minimum absolute atomic E-state index is 0.216. The predicted octanol–water partition coefficient (Wildman–Crippen LogP) is 1.78. The van der Waals surface area contributed by atoms with Gasteiger partial charge in [-0.25, -0.2) is 9.59 Å². The van der Waals surface area contributed by atoms with Crippen molar-refractivity contribution in [3.8, 4) is 0 Å². The number of aliphatic carboxylic acids is 1. The highest BCUT2D eigenvalue weighted by molar-refractivity contribution is 7.10. The SMILES string of the molecule is C=CCON1C(=O)N2CC1c1ccsc1C2C(=O)O. The number of rotatable bonds is 4. The maximum atomic E-state index is 12.2. The minimum atomic E-state index is -1.01. The van der Waals surface area contributed by atoms with Crippen molar-refractivity contribution in [3.63, 3.8) is 0 Å². The van der Waals surface area contributed by atoms with E-state index in [1.807, 2.05) is 11.4 Å². The van der Waals surface area contributed by atoms with Crippen molar-refractivity contribution in [2.24, 2.45) is 0 Å². The Bertz CT molecular complexity index is 556. The van der Waals surface area contributed by atoms with Gasteiger partial charge in [0.1, 0.15) is 6.04 Å². The molecule has 3 rings (SSSR count). The molecule has 0 saturated carbocycles. The van der Waals surface area contributed by atoms with Gasteiger partial charge in [0.2, 0.25) is 0 Å². The maximum Gasteiger partial charge on any atom is 0.345 e. The summed E-state index contributed by atoms with van der Waals surface area (Å²) in [5.41, 5.74) is 0.864. The number of amides is 2. The Morgan fingerprint density at radius 1 is 1.68 bits per heavy atom. The molecular weight excluding hydrogens is 268 g/mol. The van der Waals surface area contributed by atoms with Crippen LogP contribution in [0.1, 0.15) is 22.5 Å². The summed E-state index contributed by atoms with van der Waals surface area (Å²) in [6.45, 7) is 4.10. The zero-order valence-electron chi connectivity index (χ0n) is 9.98. The van der Waals surface area contributed by atoms with Crippen LogP contribution in [0.15, 0.2) is 24.1 Å². The maximum absolute atomic E-state index is 12.2. The van der Waals surface area contributed by atoms with E-state index in [2.05, 4.69) is 6.58 Å². The van der Waals surface area contributed by atoms with E-state index < -0.39 is 18.0 Å². The van der Waals surface area contributed by atoms with Gasteiger partial charge in [-0.3, -0.25) is 4.84 Å². The van der Waals surface area contributed by atoms with E-state index in [0.717, 1.165) is 5.56 Å². The standard InChI is InChI=1S/C12H12N2O4S/c1-2-4-18-14-8-6-13(12(14)17)9(11(15)16)10-7(8)3-5-19-10/h2-3,5,8-9H,1,4,6H2,(H,15,16). The van der Waals surface area contributed by atoms with Crippen molar-refractivity contribution < 1.29 is 19.5 Å². The van der Waals surface area contributed by atoms with Crippen LogP contribution in [-0.4, -0.2) is 40.2 Å². The number of hydrogen-bond acceptors (Lipinski definition) is 4. The molecular formula is C12H12N2O4S. The molecule has 2 unspecified atom stereocenters. The minimum Gasteiger partial charge on any atom is -0.479 e. The van der Waals surface area contributed by atoms with Gasteiger partial charge in [0.05, 0.1) is 13.2 Å². The number of thiophene rings is 1. The number of carbonyl (C=O) groups is 2. The second-order valence-corrected chi connectivity index (χ2v) is 5.29. The van der Waals surface area contributed by atoms with Crippen LogP contribution in [0.2, 0.25) is 0 Å². The summed E-state index contributed by atoms with van der Waals surface area (Å²) in [6, 6.07) is 0.323. The fourth-order valence-electron chi connectivity index (χ4n) is 2.53. The van der Waals surface area contributed by atoms with E-state index in [-0.39, 0.29) is 12.6 Å². The highest BCUT2D eigenvalue weighted by atomic mass is 32.1. The van der Waals surface area contributed by atoms with E-state index in [1.54, 1.807) is 6.08 Å². The predicted molar refractivity (Wildman–Crippen MR) is 67.5 cm³/mol. The lowest BCUT2D eigenvalue weighted by Gasteiger charge is -2.27. The van der Waals surface area contributed by atoms with Gasteiger partial charge in [-0.2, -0.15) is 5.06 Å². The monoisotopic (exact) mass is 280 g/mol. The Kier molecular flexibility index (Phi) is 2.79. The molecule has 19 heavy (non-hydrogen) atoms. The number of hydrogen-bond donors (Lipinski definition) is 1. The molecule has 0 spiro atoms. The number of nitrogens with zero attached hydrogens (tertiary/aromatic N) is 2. The molecule has 0 aliphatic carbocycles. The van der Waals surface area contributed by atoms with Gasteiger partial charge in [-0.05, 0) is 17.0 Å². The molecule has 2 aliphatic heterocycles. The van der Waals surface area contributed by atoms with Gasteiger partial charge in [0.25, 0.3) is 0 Å². The molecule has 1 aromatic rings. The van der Waals surface area contributed by atoms with Crippen LogP contribution in [-0.2, 0) is 9.63 Å². The van der Waals surface area contributed by atoms with Crippen LogP contribution in [0.4, 0.5) is 4.79 Å². The van der Waals surface area contributed by atoms with Gasteiger partial charge >= 0.3 is 12.0 Å². The Labute approximate surface area is 113 Å². The number of carboxylic acid groups (broad SMARTS) is 1. The first kappa shape index (κ1) is 12.2. The third kappa shape index (κ3) is 1.66. The normalized spacial score (nSPS) is 24.5. The summed E-state index contributed by atoms with van der Waals surface area (Å²) < 4.78 is 0. The van der Waals surface area contributed by atoms with E-state index in [0.29, 0.717) is 11.4 Å². The fraction of sp³-hybridized carbons (Fsp3) is 0.333. The van der Waals surface area contributed by atoms with E-state index in [9.17, 15) is 14.7 Å². The van der Waals surface area contributed by atoms with E-state index in [4.69, 9.17) is 4.84 Å². The summed E-state index contributed by atoms with van der Waals surface area (Å²) in [7, 11) is 0. The van der Waals surface area contributed by atoms with Crippen LogP contribution in [0.25, 0.3) is 0 Å². The first-order valence-corrected chi connectivity index (χ1v) is 6.67. The molecule has 6 nitrogen and oxygen atoms in total. The largest absolute Gasteiger partial charge is 0.479 e. The molecule has 1 N–H and O–H groups in total. The molecule has 3 heterocycles. The second kappa shape index (κ2) is 4.36. The molecule has 1 fully saturated rings. The molecule has 1 saturated heterocycles. The smallest absolute Gasteiger partial charge is 0.345 e. The van der Waals surface area contributed by atoms with Gasteiger partial charge in [0, 0.05) is 4.88 Å². The van der Waals surface area contributed by atoms with Crippen molar-refractivity contribution >= 4 is 23.3 Å². The van der Waals surface area contributed by atoms with Crippen molar-refractivity contribution in [2.75, 3.05) is 13.2 Å². The topological polar surface area (TPSA) is 70.1 Å². The van der Waals surface area contributed by atoms with Crippen LogP contribution in [0, 0.1) is 0 Å². The quantitative estimate of drug-likeness (QED) is 0.854.